The molecular formula is C10H20N2S. The summed E-state index contributed by atoms with van der Waals surface area (Å²) in [5.74, 6) is 1.25. The van der Waals surface area contributed by atoms with Crippen molar-refractivity contribution >= 4 is 11.8 Å². The molecule has 0 radical (unpaired) electrons. The van der Waals surface area contributed by atoms with Gasteiger partial charge in [0, 0.05) is 36.7 Å². The average Bonchev–Trinajstić information content (AvgIpc) is 2.03. The van der Waals surface area contributed by atoms with Crippen LogP contribution in [0.1, 0.15) is 13.8 Å². The maximum Gasteiger partial charge on any atom is 0.0231 e. The Labute approximate surface area is 85.6 Å². The molecular weight excluding hydrogens is 180 g/mol. The Balaban J connectivity index is 2.30. The lowest BCUT2D eigenvalue weighted by Crippen LogP contribution is -2.42. The van der Waals surface area contributed by atoms with Gasteiger partial charge in [0.25, 0.3) is 0 Å². The van der Waals surface area contributed by atoms with Gasteiger partial charge in [0.1, 0.15) is 0 Å². The van der Waals surface area contributed by atoms with E-state index in [-0.39, 0.29) is 0 Å². The molecule has 1 fully saturated rings. The van der Waals surface area contributed by atoms with Gasteiger partial charge in [0.05, 0.1) is 0 Å². The molecule has 76 valence electrons. The Hall–Kier alpha value is 0.01000. The van der Waals surface area contributed by atoms with Crippen LogP contribution >= 0.6 is 11.8 Å². The van der Waals surface area contributed by atoms with E-state index in [1.807, 2.05) is 6.08 Å². The summed E-state index contributed by atoms with van der Waals surface area (Å²) in [7, 11) is 0. The number of hydrogen-bond donors (Lipinski definition) is 1. The largest absolute Gasteiger partial charge is 0.327 e. The Morgan fingerprint density at radius 2 is 2.23 bits per heavy atom. The molecule has 2 N–H and O–H groups in total. The quantitative estimate of drug-likeness (QED) is 0.697. The summed E-state index contributed by atoms with van der Waals surface area (Å²) >= 11 is 2.07. The van der Waals surface area contributed by atoms with E-state index in [4.69, 9.17) is 5.73 Å². The monoisotopic (exact) mass is 200 g/mol. The standard InChI is InChI=1S/C10H20N2S/c1-10(2)9-12(7-8-13-10)6-4-3-5-11/h3-4H,5-9,11H2,1-2H3/b4-3+. The van der Waals surface area contributed by atoms with Crippen molar-refractivity contribution in [3.63, 3.8) is 0 Å². The van der Waals surface area contributed by atoms with E-state index in [1.165, 1.54) is 18.8 Å². The molecule has 0 saturated carbocycles. The van der Waals surface area contributed by atoms with Crippen LogP contribution in [0, 0.1) is 0 Å². The highest BCUT2D eigenvalue weighted by atomic mass is 32.2. The van der Waals surface area contributed by atoms with Crippen LogP contribution in [0.4, 0.5) is 0 Å². The molecule has 1 aliphatic heterocycles. The third kappa shape index (κ3) is 4.16. The van der Waals surface area contributed by atoms with Gasteiger partial charge in [-0.25, -0.2) is 0 Å². The van der Waals surface area contributed by atoms with E-state index >= 15 is 0 Å². The van der Waals surface area contributed by atoms with Crippen LogP contribution in [-0.4, -0.2) is 41.6 Å². The summed E-state index contributed by atoms with van der Waals surface area (Å²) in [6, 6.07) is 0. The first-order valence-electron chi connectivity index (χ1n) is 4.85. The molecule has 2 nitrogen and oxygen atoms in total. The van der Waals surface area contributed by atoms with Crippen molar-refractivity contribution in [2.24, 2.45) is 5.73 Å². The van der Waals surface area contributed by atoms with Crippen molar-refractivity contribution in [2.75, 3.05) is 31.9 Å². The molecule has 0 unspecified atom stereocenters. The van der Waals surface area contributed by atoms with Crippen molar-refractivity contribution in [1.29, 1.82) is 0 Å². The van der Waals surface area contributed by atoms with Crippen LogP contribution in [0.5, 0.6) is 0 Å². The summed E-state index contributed by atoms with van der Waals surface area (Å²) in [5, 5.41) is 0. The molecule has 0 aromatic heterocycles. The summed E-state index contributed by atoms with van der Waals surface area (Å²) in [5.41, 5.74) is 5.39. The van der Waals surface area contributed by atoms with Crippen molar-refractivity contribution in [1.82, 2.24) is 4.90 Å². The topological polar surface area (TPSA) is 29.3 Å². The molecule has 0 spiro atoms. The van der Waals surface area contributed by atoms with Crippen molar-refractivity contribution in [3.8, 4) is 0 Å². The zero-order valence-corrected chi connectivity index (χ0v) is 9.44. The Kier molecular flexibility index (Phi) is 4.29. The molecule has 1 aliphatic rings. The van der Waals surface area contributed by atoms with Crippen molar-refractivity contribution < 1.29 is 0 Å². The van der Waals surface area contributed by atoms with Crippen LogP contribution in [-0.2, 0) is 0 Å². The van der Waals surface area contributed by atoms with Crippen LogP contribution in [0.25, 0.3) is 0 Å². The summed E-state index contributed by atoms with van der Waals surface area (Å²) < 4.78 is 0.425. The van der Waals surface area contributed by atoms with Crippen LogP contribution in [0.3, 0.4) is 0 Å². The highest BCUT2D eigenvalue weighted by molar-refractivity contribution is 8.00. The van der Waals surface area contributed by atoms with Gasteiger partial charge in [0.2, 0.25) is 0 Å². The molecule has 0 atom stereocenters. The number of thioether (sulfide) groups is 1. The Morgan fingerprint density at radius 1 is 1.46 bits per heavy atom. The minimum Gasteiger partial charge on any atom is -0.327 e. The van der Waals surface area contributed by atoms with E-state index in [2.05, 4.69) is 36.6 Å². The molecule has 0 aromatic rings. The fourth-order valence-electron chi connectivity index (χ4n) is 1.59. The normalized spacial score (nSPS) is 23.9. The highest BCUT2D eigenvalue weighted by Gasteiger charge is 2.25. The molecule has 1 rings (SSSR count). The van der Waals surface area contributed by atoms with Gasteiger partial charge in [-0.05, 0) is 13.8 Å². The van der Waals surface area contributed by atoms with E-state index in [9.17, 15) is 0 Å². The van der Waals surface area contributed by atoms with Crippen molar-refractivity contribution in [2.45, 2.75) is 18.6 Å². The second-order valence-electron chi connectivity index (χ2n) is 4.05. The van der Waals surface area contributed by atoms with Gasteiger partial charge in [-0.15, -0.1) is 0 Å². The maximum atomic E-state index is 5.39. The van der Waals surface area contributed by atoms with E-state index in [0.717, 1.165) is 6.54 Å². The summed E-state index contributed by atoms with van der Waals surface area (Å²) in [4.78, 5) is 2.49. The van der Waals surface area contributed by atoms with E-state index < -0.39 is 0 Å². The molecule has 0 aromatic carbocycles. The van der Waals surface area contributed by atoms with Crippen LogP contribution in [0.2, 0.25) is 0 Å². The average molecular weight is 200 g/mol. The summed E-state index contributed by atoms with van der Waals surface area (Å²) in [6.07, 6.45) is 4.21. The fourth-order valence-corrected chi connectivity index (χ4v) is 2.77. The fraction of sp³-hybridized carbons (Fsp3) is 0.800. The van der Waals surface area contributed by atoms with Gasteiger partial charge < -0.3 is 5.73 Å². The lowest BCUT2D eigenvalue weighted by molar-refractivity contribution is 0.287. The third-order valence-corrected chi connectivity index (χ3v) is 3.47. The first-order chi connectivity index (χ1) is 6.14. The van der Waals surface area contributed by atoms with E-state index in [1.54, 1.807) is 0 Å². The third-order valence-electron chi connectivity index (χ3n) is 2.17. The lowest BCUT2D eigenvalue weighted by Gasteiger charge is -2.36. The maximum absolute atomic E-state index is 5.39. The highest BCUT2D eigenvalue weighted by Crippen LogP contribution is 2.29. The number of hydrogen-bond acceptors (Lipinski definition) is 3. The molecule has 1 heterocycles. The number of rotatable bonds is 3. The first kappa shape index (κ1) is 11.1. The van der Waals surface area contributed by atoms with Gasteiger partial charge >= 0.3 is 0 Å². The van der Waals surface area contributed by atoms with E-state index in [0.29, 0.717) is 11.3 Å². The molecule has 13 heavy (non-hydrogen) atoms. The number of nitrogens with zero attached hydrogens (tertiary/aromatic N) is 1. The minimum absolute atomic E-state index is 0.425. The molecule has 0 bridgehead atoms. The molecule has 0 aliphatic carbocycles. The predicted octanol–water partition coefficient (Wildman–Crippen LogP) is 1.33. The van der Waals surface area contributed by atoms with Gasteiger partial charge in [-0.3, -0.25) is 4.90 Å². The number of nitrogens with two attached hydrogens (primary N) is 1. The SMILES string of the molecule is CC1(C)CN(C/C=C/CN)CCS1. The first-order valence-corrected chi connectivity index (χ1v) is 5.84. The second-order valence-corrected chi connectivity index (χ2v) is 5.85. The Bertz CT molecular complexity index is 178. The summed E-state index contributed by atoms with van der Waals surface area (Å²) in [6.45, 7) is 8.75. The molecule has 1 saturated heterocycles. The van der Waals surface area contributed by atoms with Gasteiger partial charge in [-0.1, -0.05) is 12.2 Å². The zero-order chi connectivity index (χ0) is 9.73. The van der Waals surface area contributed by atoms with Crippen LogP contribution < -0.4 is 5.73 Å². The zero-order valence-electron chi connectivity index (χ0n) is 8.62. The molecule has 3 heteroatoms. The van der Waals surface area contributed by atoms with Gasteiger partial charge in [0.15, 0.2) is 0 Å². The molecule has 0 amide bonds. The van der Waals surface area contributed by atoms with Crippen LogP contribution in [0.15, 0.2) is 12.2 Å². The smallest absolute Gasteiger partial charge is 0.0231 e. The predicted molar refractivity (Wildman–Crippen MR) is 61.2 cm³/mol. The Morgan fingerprint density at radius 3 is 2.85 bits per heavy atom. The lowest BCUT2D eigenvalue weighted by atomic mass is 10.2. The van der Waals surface area contributed by atoms with Gasteiger partial charge in [-0.2, -0.15) is 11.8 Å². The minimum atomic E-state index is 0.425. The van der Waals surface area contributed by atoms with Crippen molar-refractivity contribution in [3.05, 3.63) is 12.2 Å². The second kappa shape index (κ2) is 5.03.